The number of hydrogen-bond acceptors (Lipinski definition) is 5. The molecular formula is C26H33F3N6. The van der Waals surface area contributed by atoms with Gasteiger partial charge in [-0.15, -0.1) is 0 Å². The lowest BCUT2D eigenvalue weighted by atomic mass is 9.90. The molecule has 5 rings (SSSR count). The lowest BCUT2D eigenvalue weighted by molar-refractivity contribution is -0.153. The van der Waals surface area contributed by atoms with Crippen molar-refractivity contribution in [2.75, 3.05) is 37.6 Å². The van der Waals surface area contributed by atoms with Crippen molar-refractivity contribution in [2.24, 2.45) is 0 Å². The summed E-state index contributed by atoms with van der Waals surface area (Å²) in [5.74, 6) is 1.04. The molecule has 1 aliphatic carbocycles. The van der Waals surface area contributed by atoms with Crippen molar-refractivity contribution in [1.29, 1.82) is 0 Å². The zero-order valence-corrected chi connectivity index (χ0v) is 20.4. The predicted octanol–water partition coefficient (Wildman–Crippen LogP) is 4.70. The topological polar surface area (TPSA) is 39.9 Å². The third kappa shape index (κ3) is 5.30. The van der Waals surface area contributed by atoms with E-state index in [-0.39, 0.29) is 12.6 Å². The lowest BCUT2D eigenvalue weighted by Gasteiger charge is -2.38. The number of nitrogens with zero attached hydrogens (tertiary/aromatic N) is 6. The van der Waals surface area contributed by atoms with Crippen LogP contribution in [0.4, 0.5) is 19.0 Å². The average molecular weight is 487 g/mol. The highest BCUT2D eigenvalue weighted by atomic mass is 19.4. The summed E-state index contributed by atoms with van der Waals surface area (Å²) >= 11 is 0. The molecule has 3 aromatic heterocycles. The SMILES string of the molecule is CC(C)N1CCN(c2cccc3nc(CN(CC(F)(F)F)C4CCCc5cccnc54)cn23)CC1. The van der Waals surface area contributed by atoms with Gasteiger partial charge in [-0.25, -0.2) is 4.98 Å². The number of alkyl halides is 3. The number of fused-ring (bicyclic) bond motifs is 2. The van der Waals surface area contributed by atoms with E-state index in [9.17, 15) is 13.2 Å². The fraction of sp³-hybridized carbons (Fsp3) is 0.538. The highest BCUT2D eigenvalue weighted by Gasteiger charge is 2.37. The molecule has 0 amide bonds. The summed E-state index contributed by atoms with van der Waals surface area (Å²) in [4.78, 5) is 15.5. The summed E-state index contributed by atoms with van der Waals surface area (Å²) in [5.41, 5.74) is 3.23. The third-order valence-corrected chi connectivity index (χ3v) is 7.24. The van der Waals surface area contributed by atoms with Crippen molar-refractivity contribution in [3.8, 4) is 0 Å². The Balaban J connectivity index is 1.42. The van der Waals surface area contributed by atoms with Crippen LogP contribution in [-0.4, -0.2) is 69.1 Å². The van der Waals surface area contributed by atoms with Gasteiger partial charge in [-0.05, 0) is 56.9 Å². The molecule has 0 aromatic carbocycles. The van der Waals surface area contributed by atoms with Gasteiger partial charge in [-0.3, -0.25) is 19.2 Å². The number of hydrogen-bond donors (Lipinski definition) is 0. The summed E-state index contributed by atoms with van der Waals surface area (Å²) in [6.45, 7) is 7.38. The Morgan fingerprint density at radius 2 is 1.89 bits per heavy atom. The molecule has 0 radical (unpaired) electrons. The van der Waals surface area contributed by atoms with Gasteiger partial charge in [0.15, 0.2) is 0 Å². The largest absolute Gasteiger partial charge is 0.401 e. The van der Waals surface area contributed by atoms with E-state index in [0.717, 1.165) is 61.7 Å². The number of rotatable bonds is 6. The van der Waals surface area contributed by atoms with E-state index in [1.54, 1.807) is 6.20 Å². The number of imidazole rings is 1. The van der Waals surface area contributed by atoms with Gasteiger partial charge in [0.1, 0.15) is 11.5 Å². The maximum Gasteiger partial charge on any atom is 0.401 e. The molecule has 2 aliphatic rings. The fourth-order valence-electron chi connectivity index (χ4n) is 5.50. The van der Waals surface area contributed by atoms with E-state index in [4.69, 9.17) is 4.98 Å². The molecule has 0 bridgehead atoms. The Bertz CT molecular complexity index is 1150. The van der Waals surface area contributed by atoms with E-state index in [2.05, 4.69) is 34.7 Å². The molecule has 35 heavy (non-hydrogen) atoms. The average Bonchev–Trinajstić information content (AvgIpc) is 3.25. The Morgan fingerprint density at radius 3 is 2.63 bits per heavy atom. The minimum Gasteiger partial charge on any atom is -0.355 e. The summed E-state index contributed by atoms with van der Waals surface area (Å²) < 4.78 is 42.9. The van der Waals surface area contributed by atoms with Crippen LogP contribution in [-0.2, 0) is 13.0 Å². The number of halogens is 3. The second-order valence-corrected chi connectivity index (χ2v) is 9.94. The molecule has 1 atom stereocenters. The summed E-state index contributed by atoms with van der Waals surface area (Å²) in [7, 11) is 0. The lowest BCUT2D eigenvalue weighted by Crippen LogP contribution is -2.49. The Labute approximate surface area is 204 Å². The van der Waals surface area contributed by atoms with Crippen molar-refractivity contribution in [1.82, 2.24) is 24.2 Å². The molecular weight excluding hydrogens is 453 g/mol. The molecule has 0 saturated carbocycles. The Kier molecular flexibility index (Phi) is 6.72. The van der Waals surface area contributed by atoms with Crippen LogP contribution in [0.2, 0.25) is 0 Å². The zero-order chi connectivity index (χ0) is 24.6. The number of anilines is 1. The van der Waals surface area contributed by atoms with Crippen molar-refractivity contribution < 1.29 is 13.2 Å². The third-order valence-electron chi connectivity index (χ3n) is 7.24. The van der Waals surface area contributed by atoms with Gasteiger partial charge >= 0.3 is 6.18 Å². The first kappa shape index (κ1) is 24.1. The summed E-state index contributed by atoms with van der Waals surface area (Å²) in [6.07, 6.45) is 1.67. The van der Waals surface area contributed by atoms with Crippen LogP contribution in [0.3, 0.4) is 0 Å². The van der Waals surface area contributed by atoms with Crippen LogP contribution in [0.25, 0.3) is 5.65 Å². The fourth-order valence-corrected chi connectivity index (χ4v) is 5.50. The van der Waals surface area contributed by atoms with Crippen LogP contribution in [0.5, 0.6) is 0 Å². The quantitative estimate of drug-likeness (QED) is 0.505. The van der Waals surface area contributed by atoms with E-state index < -0.39 is 12.7 Å². The molecule has 6 nitrogen and oxygen atoms in total. The molecule has 1 unspecified atom stereocenters. The van der Waals surface area contributed by atoms with Gasteiger partial charge in [-0.2, -0.15) is 13.2 Å². The van der Waals surface area contributed by atoms with Crippen LogP contribution in [0.15, 0.2) is 42.7 Å². The van der Waals surface area contributed by atoms with Crippen LogP contribution < -0.4 is 4.90 Å². The molecule has 1 fully saturated rings. The van der Waals surface area contributed by atoms with Crippen LogP contribution >= 0.6 is 0 Å². The van der Waals surface area contributed by atoms with Gasteiger partial charge in [0.2, 0.25) is 0 Å². The predicted molar refractivity (Wildman–Crippen MR) is 130 cm³/mol. The molecule has 3 aromatic rings. The van der Waals surface area contributed by atoms with Crippen molar-refractivity contribution in [3.05, 3.63) is 59.7 Å². The molecule has 1 aliphatic heterocycles. The first-order valence-corrected chi connectivity index (χ1v) is 12.5. The van der Waals surface area contributed by atoms with Gasteiger partial charge < -0.3 is 4.90 Å². The van der Waals surface area contributed by atoms with Gasteiger partial charge in [-0.1, -0.05) is 12.1 Å². The first-order chi connectivity index (χ1) is 16.8. The van der Waals surface area contributed by atoms with E-state index in [0.29, 0.717) is 18.2 Å². The molecule has 0 spiro atoms. The minimum atomic E-state index is -4.30. The second-order valence-electron chi connectivity index (χ2n) is 9.94. The molecule has 9 heteroatoms. The monoisotopic (exact) mass is 486 g/mol. The van der Waals surface area contributed by atoms with Crippen LogP contribution in [0.1, 0.15) is 49.7 Å². The van der Waals surface area contributed by atoms with Crippen molar-refractivity contribution in [2.45, 2.75) is 57.9 Å². The standard InChI is InChI=1S/C26H33F3N6/c1-19(2)32-12-14-33(15-13-32)24-10-4-9-23-31-21(17-35(23)24)16-34(18-26(27,28)29)22-8-3-6-20-7-5-11-30-25(20)22/h4-5,7,9-11,17,19,22H,3,6,8,12-16,18H2,1-2H3. The normalized spacial score (nSPS) is 19.6. The number of aryl methyl sites for hydroxylation is 1. The molecule has 1 saturated heterocycles. The van der Waals surface area contributed by atoms with E-state index in [1.165, 1.54) is 4.90 Å². The number of aromatic nitrogens is 3. The van der Waals surface area contributed by atoms with E-state index in [1.807, 2.05) is 34.9 Å². The zero-order valence-electron chi connectivity index (χ0n) is 20.4. The Morgan fingerprint density at radius 1 is 1.09 bits per heavy atom. The molecule has 4 heterocycles. The number of pyridine rings is 2. The van der Waals surface area contributed by atoms with E-state index >= 15 is 0 Å². The van der Waals surface area contributed by atoms with Gasteiger partial charge in [0.25, 0.3) is 0 Å². The first-order valence-electron chi connectivity index (χ1n) is 12.5. The highest BCUT2D eigenvalue weighted by Crippen LogP contribution is 2.35. The number of piperazine rings is 1. The Hall–Kier alpha value is -2.65. The maximum atomic E-state index is 13.6. The summed E-state index contributed by atoms with van der Waals surface area (Å²) in [5, 5.41) is 0. The van der Waals surface area contributed by atoms with Crippen molar-refractivity contribution in [3.63, 3.8) is 0 Å². The van der Waals surface area contributed by atoms with Crippen molar-refractivity contribution >= 4 is 11.5 Å². The van der Waals surface area contributed by atoms with Gasteiger partial charge in [0, 0.05) is 51.2 Å². The smallest absolute Gasteiger partial charge is 0.355 e. The minimum absolute atomic E-state index is 0.127. The van der Waals surface area contributed by atoms with Gasteiger partial charge in [0.05, 0.1) is 24.0 Å². The summed E-state index contributed by atoms with van der Waals surface area (Å²) in [6, 6.07) is 9.96. The molecule has 188 valence electrons. The maximum absolute atomic E-state index is 13.6. The second kappa shape index (κ2) is 9.78. The molecule has 0 N–H and O–H groups in total. The van der Waals surface area contributed by atoms with Crippen LogP contribution in [0, 0.1) is 0 Å². The highest BCUT2D eigenvalue weighted by molar-refractivity contribution is 5.53.